The Balaban J connectivity index is 2.19. The fourth-order valence-electron chi connectivity index (χ4n) is 2.52. The Morgan fingerprint density at radius 2 is 1.93 bits per heavy atom. The molecule has 0 unspecified atom stereocenters. The quantitative estimate of drug-likeness (QED) is 0.764. The van der Waals surface area contributed by atoms with Crippen molar-refractivity contribution in [3.63, 3.8) is 0 Å². The van der Waals surface area contributed by atoms with Crippen LogP contribution in [0, 0.1) is 0 Å². The summed E-state index contributed by atoms with van der Waals surface area (Å²) < 4.78 is 0. The van der Waals surface area contributed by atoms with E-state index < -0.39 is 0 Å². The molecule has 2 N–H and O–H groups in total. The van der Waals surface area contributed by atoms with Crippen molar-refractivity contribution >= 4 is 0 Å². The molecule has 3 atom stereocenters. The molecule has 76 valence electrons. The van der Waals surface area contributed by atoms with E-state index in [1.165, 1.54) is 5.56 Å². The second-order valence-electron chi connectivity index (χ2n) is 4.15. The molecule has 1 aliphatic heterocycles. The number of likely N-dealkylation sites (tertiary alicyclic amines) is 1. The fourth-order valence-corrected chi connectivity index (χ4v) is 2.52. The van der Waals surface area contributed by atoms with Crippen molar-refractivity contribution in [1.29, 1.82) is 0 Å². The summed E-state index contributed by atoms with van der Waals surface area (Å²) >= 11 is 0. The van der Waals surface area contributed by atoms with E-state index in [2.05, 4.69) is 49.2 Å². The van der Waals surface area contributed by atoms with E-state index in [0.717, 1.165) is 6.54 Å². The van der Waals surface area contributed by atoms with Crippen LogP contribution in [0.1, 0.15) is 18.4 Å². The van der Waals surface area contributed by atoms with Gasteiger partial charge in [-0.2, -0.15) is 0 Å². The molecule has 0 aliphatic carbocycles. The van der Waals surface area contributed by atoms with E-state index in [4.69, 9.17) is 5.73 Å². The molecule has 1 heterocycles. The summed E-state index contributed by atoms with van der Waals surface area (Å²) in [5.41, 5.74) is 7.20. The highest BCUT2D eigenvalue weighted by molar-refractivity contribution is 5.27. The van der Waals surface area contributed by atoms with Gasteiger partial charge >= 0.3 is 0 Å². The average Bonchev–Trinajstić information content (AvgIpc) is 2.25. The first kappa shape index (κ1) is 9.69. The van der Waals surface area contributed by atoms with Gasteiger partial charge in [0.1, 0.15) is 0 Å². The molecule has 0 bridgehead atoms. The number of hydrogen-bond donors (Lipinski definition) is 1. The molecule has 1 fully saturated rings. The van der Waals surface area contributed by atoms with Gasteiger partial charge in [-0.1, -0.05) is 30.3 Å². The van der Waals surface area contributed by atoms with Crippen molar-refractivity contribution in [1.82, 2.24) is 4.90 Å². The summed E-state index contributed by atoms with van der Waals surface area (Å²) in [6.45, 7) is 3.02. The van der Waals surface area contributed by atoms with Gasteiger partial charge in [0.25, 0.3) is 0 Å². The van der Waals surface area contributed by atoms with Crippen LogP contribution in [0.25, 0.3) is 0 Å². The van der Waals surface area contributed by atoms with Crippen LogP contribution in [-0.2, 0) is 0 Å². The van der Waals surface area contributed by atoms with Crippen molar-refractivity contribution in [2.45, 2.75) is 24.9 Å². The number of rotatable bonds is 2. The molecule has 2 rings (SSSR count). The molecule has 0 radical (unpaired) electrons. The molecule has 2 heteroatoms. The second kappa shape index (κ2) is 3.71. The predicted octanol–water partition coefficient (Wildman–Crippen LogP) is 1.43. The highest BCUT2D eigenvalue weighted by Crippen LogP contribution is 2.38. The van der Waals surface area contributed by atoms with Crippen LogP contribution in [0.5, 0.6) is 0 Å². The first-order chi connectivity index (χ1) is 6.75. The van der Waals surface area contributed by atoms with E-state index in [1.54, 1.807) is 0 Å². The average molecular weight is 190 g/mol. The van der Waals surface area contributed by atoms with Gasteiger partial charge in [-0.05, 0) is 19.5 Å². The van der Waals surface area contributed by atoms with Crippen molar-refractivity contribution in [2.75, 3.05) is 13.6 Å². The maximum Gasteiger partial charge on any atom is 0.0301 e. The van der Waals surface area contributed by atoms with Crippen LogP contribution in [0.3, 0.4) is 0 Å². The van der Waals surface area contributed by atoms with Crippen molar-refractivity contribution in [3.05, 3.63) is 35.9 Å². The Kier molecular flexibility index (Phi) is 2.57. The Bertz CT molecular complexity index is 296. The van der Waals surface area contributed by atoms with Gasteiger partial charge in [0, 0.05) is 24.5 Å². The van der Waals surface area contributed by atoms with E-state index >= 15 is 0 Å². The Labute approximate surface area is 85.7 Å². The lowest BCUT2D eigenvalue weighted by Crippen LogP contribution is -2.61. The Morgan fingerprint density at radius 1 is 1.29 bits per heavy atom. The molecular weight excluding hydrogens is 172 g/mol. The fraction of sp³-hybridized carbons (Fsp3) is 0.500. The van der Waals surface area contributed by atoms with Crippen LogP contribution in [0.2, 0.25) is 0 Å². The van der Waals surface area contributed by atoms with Crippen molar-refractivity contribution < 1.29 is 0 Å². The van der Waals surface area contributed by atoms with Crippen LogP contribution in [0.4, 0.5) is 0 Å². The van der Waals surface area contributed by atoms with Crippen molar-refractivity contribution in [2.24, 2.45) is 5.73 Å². The smallest absolute Gasteiger partial charge is 0.0301 e. The predicted molar refractivity (Wildman–Crippen MR) is 59.3 cm³/mol. The standard InChI is InChI=1S/C12H18N2/c1-9-12(11(8-13)14(9)2)10-6-4-3-5-7-10/h3-7,9,11-12H,8,13H2,1-2H3/t9-,11-,12+/m0/s1. The molecule has 2 nitrogen and oxygen atoms in total. The monoisotopic (exact) mass is 190 g/mol. The number of likely N-dealkylation sites (N-methyl/N-ethyl adjacent to an activating group) is 1. The Morgan fingerprint density at radius 3 is 2.50 bits per heavy atom. The Hall–Kier alpha value is -0.860. The minimum absolute atomic E-state index is 0.521. The van der Waals surface area contributed by atoms with Gasteiger partial charge in [-0.15, -0.1) is 0 Å². The van der Waals surface area contributed by atoms with Gasteiger partial charge in [-0.3, -0.25) is 4.90 Å². The van der Waals surface area contributed by atoms with Gasteiger partial charge in [0.05, 0.1) is 0 Å². The third-order valence-corrected chi connectivity index (χ3v) is 3.53. The van der Waals surface area contributed by atoms with Crippen LogP contribution in [0.15, 0.2) is 30.3 Å². The van der Waals surface area contributed by atoms with Gasteiger partial charge in [-0.25, -0.2) is 0 Å². The number of nitrogens with zero attached hydrogens (tertiary/aromatic N) is 1. The molecule has 0 amide bonds. The molecule has 0 spiro atoms. The molecular formula is C12H18N2. The third kappa shape index (κ3) is 1.35. The zero-order chi connectivity index (χ0) is 10.1. The third-order valence-electron chi connectivity index (χ3n) is 3.53. The maximum atomic E-state index is 5.77. The lowest BCUT2D eigenvalue weighted by Gasteiger charge is -2.52. The van der Waals surface area contributed by atoms with E-state index in [-0.39, 0.29) is 0 Å². The van der Waals surface area contributed by atoms with Crippen LogP contribution >= 0.6 is 0 Å². The topological polar surface area (TPSA) is 29.3 Å². The summed E-state index contributed by atoms with van der Waals surface area (Å²) in [7, 11) is 2.15. The largest absolute Gasteiger partial charge is 0.329 e. The zero-order valence-corrected chi connectivity index (χ0v) is 8.85. The molecule has 1 aliphatic rings. The lowest BCUT2D eigenvalue weighted by atomic mass is 9.76. The van der Waals surface area contributed by atoms with Crippen molar-refractivity contribution in [3.8, 4) is 0 Å². The molecule has 14 heavy (non-hydrogen) atoms. The summed E-state index contributed by atoms with van der Waals surface area (Å²) in [6, 6.07) is 11.8. The zero-order valence-electron chi connectivity index (χ0n) is 8.85. The molecule has 1 aromatic carbocycles. The lowest BCUT2D eigenvalue weighted by molar-refractivity contribution is 0.0286. The SMILES string of the molecule is C[C@H]1[C@H](c2ccccc2)[C@H](CN)N1C. The highest BCUT2D eigenvalue weighted by Gasteiger charge is 2.42. The second-order valence-corrected chi connectivity index (χ2v) is 4.15. The summed E-state index contributed by atoms with van der Waals surface area (Å²) in [5.74, 6) is 0.617. The van der Waals surface area contributed by atoms with Gasteiger partial charge in [0.15, 0.2) is 0 Å². The normalized spacial score (nSPS) is 32.6. The maximum absolute atomic E-state index is 5.77. The van der Waals surface area contributed by atoms with Crippen LogP contribution < -0.4 is 5.73 Å². The van der Waals surface area contributed by atoms with Gasteiger partial charge in [0.2, 0.25) is 0 Å². The summed E-state index contributed by atoms with van der Waals surface area (Å²) in [5, 5.41) is 0. The molecule has 0 aromatic heterocycles. The summed E-state index contributed by atoms with van der Waals surface area (Å²) in [4.78, 5) is 2.36. The first-order valence-corrected chi connectivity index (χ1v) is 5.22. The molecule has 1 aromatic rings. The van der Waals surface area contributed by atoms with E-state index in [0.29, 0.717) is 18.0 Å². The number of benzene rings is 1. The molecule has 0 saturated carbocycles. The molecule has 1 saturated heterocycles. The van der Waals surface area contributed by atoms with E-state index in [9.17, 15) is 0 Å². The highest BCUT2D eigenvalue weighted by atomic mass is 15.2. The van der Waals surface area contributed by atoms with Crippen LogP contribution in [-0.4, -0.2) is 30.6 Å². The minimum atomic E-state index is 0.521. The number of hydrogen-bond acceptors (Lipinski definition) is 2. The van der Waals surface area contributed by atoms with E-state index in [1.807, 2.05) is 0 Å². The number of nitrogens with two attached hydrogens (primary N) is 1. The summed E-state index contributed by atoms with van der Waals surface area (Å²) in [6.07, 6.45) is 0. The first-order valence-electron chi connectivity index (χ1n) is 5.22. The van der Waals surface area contributed by atoms with Gasteiger partial charge < -0.3 is 5.73 Å². The minimum Gasteiger partial charge on any atom is -0.329 e.